The first kappa shape index (κ1) is 13.0. The Hall–Kier alpha value is -2.75. The Labute approximate surface area is 129 Å². The van der Waals surface area contributed by atoms with Crippen molar-refractivity contribution in [2.45, 2.75) is 6.54 Å². The summed E-state index contributed by atoms with van der Waals surface area (Å²) in [5.74, 6) is 1.98. The number of hydrogen-bond donors (Lipinski definition) is 0. The lowest BCUT2D eigenvalue weighted by atomic mass is 10.2. The number of para-hydroxylation sites is 3. The van der Waals surface area contributed by atoms with Crippen molar-refractivity contribution >= 4 is 5.69 Å². The molecule has 2 aromatic carbocycles. The third-order valence-corrected chi connectivity index (χ3v) is 3.91. The molecular weight excluding hydrogens is 274 g/mol. The minimum absolute atomic E-state index is 0.711. The van der Waals surface area contributed by atoms with Gasteiger partial charge in [-0.2, -0.15) is 0 Å². The Kier molecular flexibility index (Phi) is 3.27. The van der Waals surface area contributed by atoms with Gasteiger partial charge in [0.2, 0.25) is 0 Å². The Morgan fingerprint density at radius 3 is 2.73 bits per heavy atom. The molecule has 0 spiro atoms. The van der Waals surface area contributed by atoms with Crippen molar-refractivity contribution in [2.24, 2.45) is 0 Å². The standard InChI is InChI=1S/C18H17N3O/c1-2-6-15(7-3-1)21-11-10-19-18(21)14-20-12-13-22-17-9-5-4-8-16(17)20/h1-11H,12-14H2. The molecule has 2 heterocycles. The monoisotopic (exact) mass is 291 g/mol. The van der Waals surface area contributed by atoms with Gasteiger partial charge in [0, 0.05) is 18.1 Å². The summed E-state index contributed by atoms with van der Waals surface area (Å²) in [6.07, 6.45) is 3.87. The number of aromatic nitrogens is 2. The van der Waals surface area contributed by atoms with E-state index in [1.807, 2.05) is 48.8 Å². The van der Waals surface area contributed by atoms with Gasteiger partial charge in [-0.3, -0.25) is 0 Å². The van der Waals surface area contributed by atoms with Crippen LogP contribution in [-0.4, -0.2) is 22.7 Å². The molecule has 0 unspecified atom stereocenters. The molecule has 0 saturated heterocycles. The second kappa shape index (κ2) is 5.56. The van der Waals surface area contributed by atoms with Crippen molar-refractivity contribution in [1.29, 1.82) is 0 Å². The highest BCUT2D eigenvalue weighted by atomic mass is 16.5. The van der Waals surface area contributed by atoms with Crippen molar-refractivity contribution in [3.8, 4) is 11.4 Å². The number of benzene rings is 2. The number of rotatable bonds is 3. The van der Waals surface area contributed by atoms with Crippen molar-refractivity contribution < 1.29 is 4.74 Å². The number of anilines is 1. The molecule has 0 saturated carbocycles. The van der Waals surface area contributed by atoms with Gasteiger partial charge in [0.05, 0.1) is 18.8 Å². The number of ether oxygens (including phenoxy) is 1. The third kappa shape index (κ3) is 2.33. The topological polar surface area (TPSA) is 30.3 Å². The smallest absolute Gasteiger partial charge is 0.142 e. The van der Waals surface area contributed by atoms with Crippen LogP contribution in [0.25, 0.3) is 5.69 Å². The van der Waals surface area contributed by atoms with Crippen LogP contribution in [-0.2, 0) is 6.54 Å². The van der Waals surface area contributed by atoms with Crippen LogP contribution in [0.3, 0.4) is 0 Å². The summed E-state index contributed by atoms with van der Waals surface area (Å²) >= 11 is 0. The van der Waals surface area contributed by atoms with Gasteiger partial charge in [-0.1, -0.05) is 30.3 Å². The lowest BCUT2D eigenvalue weighted by Crippen LogP contribution is -2.33. The van der Waals surface area contributed by atoms with E-state index in [0.717, 1.165) is 36.0 Å². The average Bonchev–Trinajstić information content (AvgIpc) is 3.04. The van der Waals surface area contributed by atoms with Crippen molar-refractivity contribution in [1.82, 2.24) is 9.55 Å². The molecule has 0 atom stereocenters. The highest BCUT2D eigenvalue weighted by Gasteiger charge is 2.19. The quantitative estimate of drug-likeness (QED) is 0.742. The maximum atomic E-state index is 5.72. The van der Waals surface area contributed by atoms with Crippen LogP contribution in [0.15, 0.2) is 67.0 Å². The highest BCUT2D eigenvalue weighted by molar-refractivity contribution is 5.59. The van der Waals surface area contributed by atoms with Gasteiger partial charge in [0.1, 0.15) is 18.2 Å². The minimum atomic E-state index is 0.711. The Bertz CT molecular complexity index is 767. The van der Waals surface area contributed by atoms with E-state index in [9.17, 15) is 0 Å². The zero-order valence-electron chi connectivity index (χ0n) is 12.2. The molecule has 1 aliphatic heterocycles. The SMILES string of the molecule is c1ccc(-n2ccnc2CN2CCOc3ccccc32)cc1. The molecule has 4 nitrogen and oxygen atoms in total. The predicted molar refractivity (Wildman–Crippen MR) is 86.6 cm³/mol. The van der Waals surface area contributed by atoms with Crippen LogP contribution < -0.4 is 9.64 Å². The molecule has 1 aliphatic rings. The van der Waals surface area contributed by atoms with E-state index in [1.54, 1.807) is 0 Å². The molecule has 0 bridgehead atoms. The Morgan fingerprint density at radius 1 is 1.00 bits per heavy atom. The second-order valence-electron chi connectivity index (χ2n) is 5.29. The summed E-state index contributed by atoms with van der Waals surface area (Å²) < 4.78 is 7.86. The van der Waals surface area contributed by atoms with Crippen LogP contribution in [0.2, 0.25) is 0 Å². The number of imidazole rings is 1. The fraction of sp³-hybridized carbons (Fsp3) is 0.167. The number of fused-ring (bicyclic) bond motifs is 1. The van der Waals surface area contributed by atoms with Gasteiger partial charge in [-0.15, -0.1) is 0 Å². The molecule has 0 fully saturated rings. The third-order valence-electron chi connectivity index (χ3n) is 3.91. The average molecular weight is 291 g/mol. The van der Waals surface area contributed by atoms with Gasteiger partial charge >= 0.3 is 0 Å². The van der Waals surface area contributed by atoms with Crippen molar-refractivity contribution in [3.63, 3.8) is 0 Å². The molecule has 0 N–H and O–H groups in total. The molecular formula is C18H17N3O. The van der Waals surface area contributed by atoms with E-state index in [1.165, 1.54) is 0 Å². The lowest BCUT2D eigenvalue weighted by molar-refractivity contribution is 0.306. The summed E-state index contributed by atoms with van der Waals surface area (Å²) in [6.45, 7) is 2.35. The molecule has 110 valence electrons. The molecule has 22 heavy (non-hydrogen) atoms. The van der Waals surface area contributed by atoms with E-state index in [2.05, 4.69) is 32.7 Å². The first-order chi connectivity index (χ1) is 10.9. The highest BCUT2D eigenvalue weighted by Crippen LogP contribution is 2.31. The maximum absolute atomic E-state index is 5.72. The molecule has 0 aliphatic carbocycles. The summed E-state index contributed by atoms with van der Waals surface area (Å²) in [6, 6.07) is 18.5. The Morgan fingerprint density at radius 2 is 1.82 bits per heavy atom. The summed E-state index contributed by atoms with van der Waals surface area (Å²) in [4.78, 5) is 6.86. The van der Waals surface area contributed by atoms with Gasteiger partial charge in [0.25, 0.3) is 0 Å². The summed E-state index contributed by atoms with van der Waals surface area (Å²) in [7, 11) is 0. The van der Waals surface area contributed by atoms with Gasteiger partial charge in [-0.25, -0.2) is 4.98 Å². The van der Waals surface area contributed by atoms with E-state index in [0.29, 0.717) is 6.61 Å². The van der Waals surface area contributed by atoms with Crippen molar-refractivity contribution in [2.75, 3.05) is 18.1 Å². The Balaban J connectivity index is 1.65. The molecule has 0 radical (unpaired) electrons. The van der Waals surface area contributed by atoms with E-state index in [4.69, 9.17) is 4.74 Å². The van der Waals surface area contributed by atoms with Crippen LogP contribution in [0, 0.1) is 0 Å². The van der Waals surface area contributed by atoms with E-state index in [-0.39, 0.29) is 0 Å². The molecule has 4 heteroatoms. The van der Waals surface area contributed by atoms with Crippen LogP contribution >= 0.6 is 0 Å². The lowest BCUT2D eigenvalue weighted by Gasteiger charge is -2.31. The zero-order valence-corrected chi connectivity index (χ0v) is 12.2. The molecule has 1 aromatic heterocycles. The normalized spacial score (nSPS) is 13.5. The van der Waals surface area contributed by atoms with Gasteiger partial charge in [-0.05, 0) is 24.3 Å². The summed E-state index contributed by atoms with van der Waals surface area (Å²) in [5.41, 5.74) is 2.27. The van der Waals surface area contributed by atoms with Gasteiger partial charge < -0.3 is 14.2 Å². The first-order valence-corrected chi connectivity index (χ1v) is 7.46. The van der Waals surface area contributed by atoms with E-state index >= 15 is 0 Å². The zero-order chi connectivity index (χ0) is 14.8. The maximum Gasteiger partial charge on any atom is 0.142 e. The van der Waals surface area contributed by atoms with Crippen LogP contribution in [0.5, 0.6) is 5.75 Å². The largest absolute Gasteiger partial charge is 0.490 e. The number of hydrogen-bond acceptors (Lipinski definition) is 3. The fourth-order valence-corrected chi connectivity index (χ4v) is 2.84. The summed E-state index contributed by atoms with van der Waals surface area (Å²) in [5, 5.41) is 0. The van der Waals surface area contributed by atoms with Gasteiger partial charge in [0.15, 0.2) is 0 Å². The molecule has 3 aromatic rings. The van der Waals surface area contributed by atoms with Crippen molar-refractivity contribution in [3.05, 3.63) is 72.8 Å². The predicted octanol–water partition coefficient (Wildman–Crippen LogP) is 3.27. The van der Waals surface area contributed by atoms with E-state index < -0.39 is 0 Å². The van der Waals surface area contributed by atoms with Crippen LogP contribution in [0.1, 0.15) is 5.82 Å². The second-order valence-corrected chi connectivity index (χ2v) is 5.29. The molecule has 0 amide bonds. The minimum Gasteiger partial charge on any atom is -0.490 e. The fourth-order valence-electron chi connectivity index (χ4n) is 2.84. The van der Waals surface area contributed by atoms with Crippen LogP contribution in [0.4, 0.5) is 5.69 Å². The first-order valence-electron chi connectivity index (χ1n) is 7.46. The molecule has 4 rings (SSSR count). The number of nitrogens with zero attached hydrogens (tertiary/aromatic N) is 3.